The van der Waals surface area contributed by atoms with E-state index in [1.807, 2.05) is 0 Å². The van der Waals surface area contributed by atoms with E-state index in [9.17, 15) is 18.0 Å². The molecule has 7 nitrogen and oxygen atoms in total. The molecular weight excluding hydrogens is 349 g/mol. The van der Waals surface area contributed by atoms with Gasteiger partial charge in [-0.05, 0) is 18.2 Å². The van der Waals surface area contributed by atoms with Gasteiger partial charge in [-0.15, -0.1) is 0 Å². The monoisotopic (exact) mass is 372 g/mol. The highest BCUT2D eigenvalue weighted by Gasteiger charge is 2.30. The van der Waals surface area contributed by atoms with Crippen LogP contribution in [0.5, 0.6) is 0 Å². The Labute approximate surface area is 150 Å². The van der Waals surface area contributed by atoms with Crippen molar-refractivity contribution in [3.8, 4) is 0 Å². The topological polar surface area (TPSA) is 119 Å². The molecule has 0 atom stereocenters. The largest absolute Gasteiger partial charge is 0.416 e. The first kappa shape index (κ1) is 23.1. The Morgan fingerprint density at radius 1 is 1.23 bits per heavy atom. The molecule has 0 saturated carbocycles. The molecule has 0 bridgehead atoms. The Morgan fingerprint density at radius 3 is 2.50 bits per heavy atom. The smallest absolute Gasteiger partial charge is 0.365 e. The van der Waals surface area contributed by atoms with Crippen molar-refractivity contribution in [1.29, 1.82) is 0 Å². The van der Waals surface area contributed by atoms with Gasteiger partial charge in [0.25, 0.3) is 5.91 Å². The summed E-state index contributed by atoms with van der Waals surface area (Å²) in [6.45, 7) is 0.718. The number of alkyl halides is 3. The van der Waals surface area contributed by atoms with Gasteiger partial charge in [-0.1, -0.05) is 20.9 Å². The van der Waals surface area contributed by atoms with Crippen molar-refractivity contribution in [1.82, 2.24) is 9.97 Å². The number of benzene rings is 1. The zero-order valence-corrected chi connectivity index (χ0v) is 12.4. The molecule has 1 aromatic heterocycles. The number of nitrogens with one attached hydrogen (secondary N) is 2. The molecule has 26 heavy (non-hydrogen) atoms. The molecule has 144 valence electrons. The summed E-state index contributed by atoms with van der Waals surface area (Å²) in [5.41, 5.74) is 9.82. The van der Waals surface area contributed by atoms with E-state index in [0.29, 0.717) is 13.1 Å². The highest BCUT2D eigenvalue weighted by atomic mass is 19.4. The fourth-order valence-corrected chi connectivity index (χ4v) is 1.84. The van der Waals surface area contributed by atoms with Gasteiger partial charge in [0.1, 0.15) is 11.4 Å². The van der Waals surface area contributed by atoms with Crippen LogP contribution in [0.1, 0.15) is 30.8 Å². The predicted molar refractivity (Wildman–Crippen MR) is 96.3 cm³/mol. The molecule has 0 saturated heterocycles. The number of hydrogen-bond donors (Lipinski definition) is 4. The average Bonchev–Trinajstić information content (AvgIpc) is 2.52. The number of rotatable bonds is 6. The Morgan fingerprint density at radius 2 is 1.92 bits per heavy atom. The van der Waals surface area contributed by atoms with Crippen LogP contribution in [0.4, 0.5) is 30.6 Å². The van der Waals surface area contributed by atoms with E-state index in [1.165, 1.54) is 18.3 Å². The van der Waals surface area contributed by atoms with Crippen molar-refractivity contribution in [2.45, 2.75) is 21.0 Å². The van der Waals surface area contributed by atoms with Crippen molar-refractivity contribution in [2.75, 3.05) is 23.7 Å². The number of nitrogens with two attached hydrogens (primary N) is 2. The Bertz CT molecular complexity index is 736. The maximum atomic E-state index is 12.8. The highest BCUT2D eigenvalue weighted by molar-refractivity contribution is 5.98. The predicted octanol–water partition coefficient (Wildman–Crippen LogP) is 2.98. The van der Waals surface area contributed by atoms with Crippen LogP contribution in [0.3, 0.4) is 0 Å². The molecule has 0 aliphatic rings. The molecule has 10 heteroatoms. The summed E-state index contributed by atoms with van der Waals surface area (Å²) >= 11 is 0. The van der Waals surface area contributed by atoms with Crippen LogP contribution in [0.2, 0.25) is 0 Å². The lowest BCUT2D eigenvalue weighted by atomic mass is 10.2. The third-order valence-corrected chi connectivity index (χ3v) is 2.93. The Balaban J connectivity index is 0.00000312. The van der Waals surface area contributed by atoms with Gasteiger partial charge in [-0.25, -0.2) is 4.98 Å². The normalized spacial score (nSPS) is 10.3. The summed E-state index contributed by atoms with van der Waals surface area (Å²) in [5, 5.41) is 5.46. The SMILES string of the molecule is C.C.NCCNc1ncc(C(N)=O)c(Nc2cccc(C(F)(F)F)c2)n1. The molecule has 0 spiro atoms. The van der Waals surface area contributed by atoms with Crippen molar-refractivity contribution in [3.05, 3.63) is 41.6 Å². The zero-order valence-electron chi connectivity index (χ0n) is 12.4. The van der Waals surface area contributed by atoms with Crippen LogP contribution in [-0.2, 0) is 6.18 Å². The van der Waals surface area contributed by atoms with Crippen LogP contribution in [0.15, 0.2) is 30.5 Å². The maximum Gasteiger partial charge on any atom is 0.416 e. The Hall–Kier alpha value is -2.88. The number of aromatic nitrogens is 2. The summed E-state index contributed by atoms with van der Waals surface area (Å²) in [5.74, 6) is -0.647. The van der Waals surface area contributed by atoms with Gasteiger partial charge >= 0.3 is 6.18 Å². The second-order valence-electron chi connectivity index (χ2n) is 4.74. The third-order valence-electron chi connectivity index (χ3n) is 2.93. The lowest BCUT2D eigenvalue weighted by Crippen LogP contribution is -2.18. The van der Waals surface area contributed by atoms with E-state index in [-0.39, 0.29) is 37.9 Å². The van der Waals surface area contributed by atoms with E-state index >= 15 is 0 Å². The lowest BCUT2D eigenvalue weighted by Gasteiger charge is -2.13. The Kier molecular flexibility index (Phi) is 8.50. The first-order chi connectivity index (χ1) is 11.3. The molecule has 0 radical (unpaired) electrons. The summed E-state index contributed by atoms with van der Waals surface area (Å²) in [4.78, 5) is 19.4. The minimum atomic E-state index is -4.48. The maximum absolute atomic E-state index is 12.8. The van der Waals surface area contributed by atoms with Gasteiger partial charge < -0.3 is 22.1 Å². The standard InChI is InChI=1S/C14H15F3N6O.2CH4/c15-14(16,17)8-2-1-3-9(6-8)22-12-10(11(19)24)7-21-13(23-12)20-5-4-18;;/h1-3,6-7H,4-5,18H2,(H2,19,24)(H2,20,21,22,23);2*1H4. The second-order valence-corrected chi connectivity index (χ2v) is 4.74. The van der Waals surface area contributed by atoms with E-state index < -0.39 is 17.6 Å². The molecule has 0 aliphatic heterocycles. The van der Waals surface area contributed by atoms with E-state index in [1.54, 1.807) is 0 Å². The highest BCUT2D eigenvalue weighted by Crippen LogP contribution is 2.31. The van der Waals surface area contributed by atoms with Crippen molar-refractivity contribution < 1.29 is 18.0 Å². The summed E-state index contributed by atoms with van der Waals surface area (Å²) in [7, 11) is 0. The molecule has 0 aliphatic carbocycles. The number of carbonyl (C=O) groups is 1. The molecule has 6 N–H and O–H groups in total. The number of halogens is 3. The molecule has 1 heterocycles. The molecular formula is C16H23F3N6O. The minimum absolute atomic E-state index is 0. The molecule has 0 fully saturated rings. The van der Waals surface area contributed by atoms with Crippen LogP contribution in [0.25, 0.3) is 0 Å². The molecule has 0 unspecified atom stereocenters. The number of nitrogens with zero attached hydrogens (tertiary/aromatic N) is 2. The van der Waals surface area contributed by atoms with E-state index in [0.717, 1.165) is 12.1 Å². The third kappa shape index (κ3) is 5.88. The number of anilines is 3. The van der Waals surface area contributed by atoms with Crippen LogP contribution >= 0.6 is 0 Å². The van der Waals surface area contributed by atoms with E-state index in [2.05, 4.69) is 20.6 Å². The van der Waals surface area contributed by atoms with Crippen molar-refractivity contribution in [3.63, 3.8) is 0 Å². The molecule has 1 aromatic carbocycles. The van der Waals surface area contributed by atoms with Crippen LogP contribution in [-0.4, -0.2) is 29.0 Å². The average molecular weight is 372 g/mol. The van der Waals surface area contributed by atoms with Crippen LogP contribution in [0, 0.1) is 0 Å². The summed E-state index contributed by atoms with van der Waals surface area (Å²) < 4.78 is 38.3. The summed E-state index contributed by atoms with van der Waals surface area (Å²) in [6, 6.07) is 4.49. The molecule has 2 rings (SSSR count). The van der Waals surface area contributed by atoms with E-state index in [4.69, 9.17) is 11.5 Å². The van der Waals surface area contributed by atoms with Gasteiger partial charge in [0, 0.05) is 25.0 Å². The lowest BCUT2D eigenvalue weighted by molar-refractivity contribution is -0.137. The quantitative estimate of drug-likeness (QED) is 0.619. The number of carbonyl (C=O) groups excluding carboxylic acids is 1. The zero-order chi connectivity index (χ0) is 17.7. The molecule has 1 amide bonds. The van der Waals surface area contributed by atoms with Gasteiger partial charge in [0.15, 0.2) is 0 Å². The number of amides is 1. The first-order valence-electron chi connectivity index (χ1n) is 6.86. The summed E-state index contributed by atoms with van der Waals surface area (Å²) in [6.07, 6.45) is -3.30. The fourth-order valence-electron chi connectivity index (χ4n) is 1.84. The fraction of sp³-hybridized carbons (Fsp3) is 0.312. The first-order valence-corrected chi connectivity index (χ1v) is 6.86. The van der Waals surface area contributed by atoms with Crippen molar-refractivity contribution >= 4 is 23.4 Å². The second kappa shape index (κ2) is 9.56. The molecule has 2 aromatic rings. The number of primary amides is 1. The van der Waals surface area contributed by atoms with Gasteiger partial charge in [0.05, 0.1) is 5.56 Å². The van der Waals surface area contributed by atoms with Gasteiger partial charge in [-0.2, -0.15) is 18.2 Å². The van der Waals surface area contributed by atoms with Gasteiger partial charge in [-0.3, -0.25) is 4.79 Å². The minimum Gasteiger partial charge on any atom is -0.365 e. The van der Waals surface area contributed by atoms with Gasteiger partial charge in [0.2, 0.25) is 5.95 Å². The number of hydrogen-bond acceptors (Lipinski definition) is 6. The van der Waals surface area contributed by atoms with Crippen molar-refractivity contribution in [2.24, 2.45) is 11.5 Å². The van der Waals surface area contributed by atoms with Crippen LogP contribution < -0.4 is 22.1 Å².